The van der Waals surface area contributed by atoms with Gasteiger partial charge in [-0.1, -0.05) is 29.8 Å². The molecule has 0 amide bonds. The van der Waals surface area contributed by atoms with Gasteiger partial charge in [0.25, 0.3) is 0 Å². The fourth-order valence-corrected chi connectivity index (χ4v) is 2.33. The molecule has 2 N–H and O–H groups in total. The largest absolute Gasteiger partial charge is 0.480 e. The van der Waals surface area contributed by atoms with Crippen molar-refractivity contribution in [2.75, 3.05) is 6.54 Å². The Kier molecular flexibility index (Phi) is 3.25. The van der Waals surface area contributed by atoms with E-state index in [1.54, 1.807) is 0 Å². The van der Waals surface area contributed by atoms with Crippen molar-refractivity contribution in [3.63, 3.8) is 0 Å². The maximum atomic E-state index is 10.8. The van der Waals surface area contributed by atoms with Crippen LogP contribution in [0.1, 0.15) is 17.5 Å². The third kappa shape index (κ3) is 2.61. The number of hydrogen-bond acceptors (Lipinski definition) is 2. The molecule has 1 saturated heterocycles. The van der Waals surface area contributed by atoms with Crippen LogP contribution in [0.3, 0.4) is 0 Å². The van der Waals surface area contributed by atoms with Gasteiger partial charge in [0.15, 0.2) is 0 Å². The van der Waals surface area contributed by atoms with Crippen LogP contribution in [0.5, 0.6) is 0 Å². The summed E-state index contributed by atoms with van der Waals surface area (Å²) in [4.78, 5) is 10.8. The van der Waals surface area contributed by atoms with E-state index in [0.29, 0.717) is 5.92 Å². The van der Waals surface area contributed by atoms with Crippen LogP contribution in [-0.2, 0) is 11.2 Å². The fourth-order valence-electron chi connectivity index (χ4n) is 2.33. The van der Waals surface area contributed by atoms with Crippen molar-refractivity contribution in [3.05, 3.63) is 35.4 Å². The molecule has 3 heteroatoms. The van der Waals surface area contributed by atoms with Crippen LogP contribution in [0, 0.1) is 12.8 Å². The van der Waals surface area contributed by atoms with E-state index < -0.39 is 5.97 Å². The van der Waals surface area contributed by atoms with Crippen LogP contribution in [-0.4, -0.2) is 23.7 Å². The number of nitrogens with one attached hydrogen (secondary N) is 1. The van der Waals surface area contributed by atoms with Gasteiger partial charge >= 0.3 is 5.97 Å². The third-order valence-electron chi connectivity index (χ3n) is 3.13. The number of carbonyl (C=O) groups is 1. The summed E-state index contributed by atoms with van der Waals surface area (Å²) >= 11 is 0. The van der Waals surface area contributed by atoms with Crippen LogP contribution in [0.4, 0.5) is 0 Å². The molecule has 0 unspecified atom stereocenters. The Labute approximate surface area is 95.5 Å². The van der Waals surface area contributed by atoms with Gasteiger partial charge in [0.05, 0.1) is 0 Å². The number of carboxylic acid groups (broad SMARTS) is 1. The van der Waals surface area contributed by atoms with Gasteiger partial charge in [0.2, 0.25) is 0 Å². The number of benzene rings is 1. The summed E-state index contributed by atoms with van der Waals surface area (Å²) in [5, 5.41) is 11.9. The lowest BCUT2D eigenvalue weighted by atomic mass is 9.96. The van der Waals surface area contributed by atoms with Gasteiger partial charge in [-0.05, 0) is 37.8 Å². The first-order chi connectivity index (χ1) is 7.65. The fraction of sp³-hybridized carbons (Fsp3) is 0.462. The molecule has 1 fully saturated rings. The zero-order valence-electron chi connectivity index (χ0n) is 9.44. The van der Waals surface area contributed by atoms with Gasteiger partial charge in [0, 0.05) is 0 Å². The van der Waals surface area contributed by atoms with E-state index in [-0.39, 0.29) is 6.04 Å². The second kappa shape index (κ2) is 4.66. The zero-order chi connectivity index (χ0) is 11.5. The highest BCUT2D eigenvalue weighted by Crippen LogP contribution is 2.19. The number of hydrogen-bond donors (Lipinski definition) is 2. The van der Waals surface area contributed by atoms with E-state index in [1.165, 1.54) is 11.1 Å². The monoisotopic (exact) mass is 219 g/mol. The summed E-state index contributed by atoms with van der Waals surface area (Å²) in [6.45, 7) is 2.89. The van der Waals surface area contributed by atoms with Crippen molar-refractivity contribution in [2.24, 2.45) is 5.92 Å². The third-order valence-corrected chi connectivity index (χ3v) is 3.13. The molecule has 16 heavy (non-hydrogen) atoms. The first-order valence-electron chi connectivity index (χ1n) is 5.67. The molecule has 0 spiro atoms. The summed E-state index contributed by atoms with van der Waals surface area (Å²) in [6.07, 6.45) is 1.71. The molecule has 0 aliphatic carbocycles. The summed E-state index contributed by atoms with van der Waals surface area (Å²) in [5.74, 6) is -0.283. The minimum atomic E-state index is -0.730. The van der Waals surface area contributed by atoms with Crippen molar-refractivity contribution < 1.29 is 9.90 Å². The van der Waals surface area contributed by atoms with Crippen molar-refractivity contribution in [2.45, 2.75) is 25.8 Å². The SMILES string of the molecule is Cc1cccc(C[C@@H]2CN[C@H](C(=O)O)C2)c1. The molecule has 3 nitrogen and oxygen atoms in total. The van der Waals surface area contributed by atoms with Crippen molar-refractivity contribution in [1.82, 2.24) is 5.32 Å². The Bertz CT molecular complexity index is 389. The molecule has 1 heterocycles. The highest BCUT2D eigenvalue weighted by atomic mass is 16.4. The molecule has 2 rings (SSSR count). The Balaban J connectivity index is 1.94. The summed E-state index contributed by atoms with van der Waals surface area (Å²) in [6, 6.07) is 8.07. The highest BCUT2D eigenvalue weighted by Gasteiger charge is 2.28. The second-order valence-corrected chi connectivity index (χ2v) is 4.59. The number of carboxylic acids is 1. The molecule has 1 aromatic carbocycles. The van der Waals surface area contributed by atoms with E-state index in [4.69, 9.17) is 5.11 Å². The Morgan fingerprint density at radius 1 is 1.56 bits per heavy atom. The maximum Gasteiger partial charge on any atom is 0.320 e. The predicted molar refractivity (Wildman–Crippen MR) is 62.4 cm³/mol. The number of aryl methyl sites for hydroxylation is 1. The molecular formula is C13H17NO2. The number of rotatable bonds is 3. The molecule has 0 bridgehead atoms. The van der Waals surface area contributed by atoms with Crippen molar-refractivity contribution >= 4 is 5.97 Å². The van der Waals surface area contributed by atoms with Crippen molar-refractivity contribution in [3.8, 4) is 0 Å². The van der Waals surface area contributed by atoms with E-state index >= 15 is 0 Å². The highest BCUT2D eigenvalue weighted by molar-refractivity contribution is 5.73. The van der Waals surface area contributed by atoms with E-state index in [1.807, 2.05) is 0 Å². The molecular weight excluding hydrogens is 202 g/mol. The lowest BCUT2D eigenvalue weighted by Crippen LogP contribution is -2.29. The van der Waals surface area contributed by atoms with E-state index in [2.05, 4.69) is 36.5 Å². The lowest BCUT2D eigenvalue weighted by Gasteiger charge is -2.08. The molecule has 0 radical (unpaired) electrons. The van der Waals surface area contributed by atoms with Crippen LogP contribution in [0.2, 0.25) is 0 Å². The van der Waals surface area contributed by atoms with Gasteiger partial charge in [-0.3, -0.25) is 4.79 Å². The summed E-state index contributed by atoms with van der Waals surface area (Å²) in [5.41, 5.74) is 2.57. The lowest BCUT2D eigenvalue weighted by molar-refractivity contribution is -0.139. The van der Waals surface area contributed by atoms with E-state index in [0.717, 1.165) is 19.4 Å². The van der Waals surface area contributed by atoms with Gasteiger partial charge in [-0.25, -0.2) is 0 Å². The van der Waals surface area contributed by atoms with Gasteiger partial charge in [-0.2, -0.15) is 0 Å². The molecule has 1 aliphatic rings. The zero-order valence-corrected chi connectivity index (χ0v) is 9.44. The van der Waals surface area contributed by atoms with Crippen LogP contribution >= 0.6 is 0 Å². The average Bonchev–Trinajstić information content (AvgIpc) is 2.66. The van der Waals surface area contributed by atoms with Gasteiger partial charge in [0.1, 0.15) is 6.04 Å². The molecule has 1 aliphatic heterocycles. The molecule has 0 aromatic heterocycles. The summed E-state index contributed by atoms with van der Waals surface area (Å²) < 4.78 is 0. The minimum absolute atomic E-state index is 0.352. The van der Waals surface area contributed by atoms with Crippen LogP contribution < -0.4 is 5.32 Å². The average molecular weight is 219 g/mol. The Morgan fingerprint density at radius 3 is 3.00 bits per heavy atom. The van der Waals surface area contributed by atoms with Crippen LogP contribution in [0.15, 0.2) is 24.3 Å². The second-order valence-electron chi connectivity index (χ2n) is 4.59. The molecule has 1 aromatic rings. The Morgan fingerprint density at radius 2 is 2.38 bits per heavy atom. The van der Waals surface area contributed by atoms with Crippen molar-refractivity contribution in [1.29, 1.82) is 0 Å². The molecule has 0 saturated carbocycles. The normalized spacial score (nSPS) is 24.6. The first-order valence-corrected chi connectivity index (χ1v) is 5.67. The first kappa shape index (κ1) is 11.1. The minimum Gasteiger partial charge on any atom is -0.480 e. The topological polar surface area (TPSA) is 49.3 Å². The van der Waals surface area contributed by atoms with E-state index in [9.17, 15) is 4.79 Å². The number of aliphatic carboxylic acids is 1. The summed E-state index contributed by atoms with van der Waals surface area (Å²) in [7, 11) is 0. The quantitative estimate of drug-likeness (QED) is 0.811. The van der Waals surface area contributed by atoms with Crippen LogP contribution in [0.25, 0.3) is 0 Å². The van der Waals surface area contributed by atoms with Gasteiger partial charge < -0.3 is 10.4 Å². The molecule has 86 valence electrons. The van der Waals surface area contributed by atoms with Gasteiger partial charge in [-0.15, -0.1) is 0 Å². The Hall–Kier alpha value is -1.35. The predicted octanol–water partition coefficient (Wildman–Crippen LogP) is 1.60. The molecule has 2 atom stereocenters. The standard InChI is InChI=1S/C13H17NO2/c1-9-3-2-4-10(5-9)6-11-7-12(13(15)16)14-8-11/h2-5,11-12,14H,6-8H2,1H3,(H,15,16)/t11-,12-/m0/s1. The maximum absolute atomic E-state index is 10.8. The smallest absolute Gasteiger partial charge is 0.320 e.